The second-order valence-corrected chi connectivity index (χ2v) is 3.34. The van der Waals surface area contributed by atoms with Gasteiger partial charge in [0, 0.05) is 25.2 Å². The van der Waals surface area contributed by atoms with Gasteiger partial charge in [-0.05, 0) is 17.7 Å². The van der Waals surface area contributed by atoms with Crippen molar-refractivity contribution < 1.29 is 8.78 Å². The molecule has 0 N–H and O–H groups in total. The first-order valence-electron chi connectivity index (χ1n) is 4.36. The number of alkyl halides is 1. The van der Waals surface area contributed by atoms with Crippen LogP contribution in [-0.4, -0.2) is 16.0 Å². The molecule has 14 heavy (non-hydrogen) atoms. The minimum absolute atomic E-state index is 0.221. The summed E-state index contributed by atoms with van der Waals surface area (Å²) >= 11 is 0. The lowest BCUT2D eigenvalue weighted by molar-refractivity contribution is 0.397. The highest BCUT2D eigenvalue weighted by molar-refractivity contribution is 5.68. The molecule has 0 fully saturated rings. The molecule has 0 amide bonds. The third-order valence-electron chi connectivity index (χ3n) is 2.14. The Kier molecular flexibility index (Phi) is 2.19. The maximum absolute atomic E-state index is 13.0. The van der Waals surface area contributed by atoms with Crippen LogP contribution in [0, 0.1) is 0 Å². The number of nitrogens with zero attached hydrogens (tertiary/aromatic N) is 2. The van der Waals surface area contributed by atoms with Crippen LogP contribution in [0.5, 0.6) is 0 Å². The lowest BCUT2D eigenvalue weighted by Gasteiger charge is -2.11. The Morgan fingerprint density at radius 1 is 1.57 bits per heavy atom. The van der Waals surface area contributed by atoms with Gasteiger partial charge in [-0.15, -0.1) is 0 Å². The van der Waals surface area contributed by atoms with Gasteiger partial charge in [-0.3, -0.25) is 4.68 Å². The van der Waals surface area contributed by atoms with E-state index in [4.69, 9.17) is 0 Å². The largest absolute Gasteiger partial charge is 0.275 e. The Balaban J connectivity index is 2.32. The quantitative estimate of drug-likeness (QED) is 0.674. The van der Waals surface area contributed by atoms with Gasteiger partial charge < -0.3 is 0 Å². The van der Waals surface area contributed by atoms with Crippen LogP contribution in [0.4, 0.5) is 8.78 Å². The minimum atomic E-state index is -1.23. The zero-order valence-corrected chi connectivity index (χ0v) is 7.74. The van der Waals surface area contributed by atoms with Crippen LogP contribution >= 0.6 is 0 Å². The molecule has 0 radical (unpaired) electrons. The van der Waals surface area contributed by atoms with E-state index in [-0.39, 0.29) is 6.42 Å². The van der Waals surface area contributed by atoms with Gasteiger partial charge in [-0.25, -0.2) is 8.78 Å². The Hall–Kier alpha value is -1.45. The fraction of sp³-hybridized carbons (Fsp3) is 0.300. The third-order valence-corrected chi connectivity index (χ3v) is 2.14. The summed E-state index contributed by atoms with van der Waals surface area (Å²) in [6.07, 6.45) is 4.69. The summed E-state index contributed by atoms with van der Waals surface area (Å²) in [6.45, 7) is 0. The van der Waals surface area contributed by atoms with Crippen molar-refractivity contribution in [1.82, 2.24) is 9.78 Å². The molecule has 0 aromatic carbocycles. The number of allylic oxidation sites excluding steroid dienone is 4. The standard InChI is InChI=1S/C10H10F2N2/c1-14-6-8(5-13-14)7-2-9(11)4-10(12)3-7/h2,4-6,10H,3H2,1H3. The van der Waals surface area contributed by atoms with Crippen molar-refractivity contribution >= 4 is 5.57 Å². The highest BCUT2D eigenvalue weighted by Crippen LogP contribution is 2.28. The van der Waals surface area contributed by atoms with E-state index in [0.717, 1.165) is 11.6 Å². The molecule has 2 nitrogen and oxygen atoms in total. The van der Waals surface area contributed by atoms with E-state index < -0.39 is 12.0 Å². The average Bonchev–Trinajstić information content (AvgIpc) is 2.50. The number of rotatable bonds is 1. The van der Waals surface area contributed by atoms with E-state index in [0.29, 0.717) is 5.57 Å². The molecule has 1 unspecified atom stereocenters. The summed E-state index contributed by atoms with van der Waals surface area (Å²) in [5.74, 6) is -0.511. The number of hydrogen-bond acceptors (Lipinski definition) is 1. The van der Waals surface area contributed by atoms with Gasteiger partial charge in [0.1, 0.15) is 12.0 Å². The minimum Gasteiger partial charge on any atom is -0.275 e. The highest BCUT2D eigenvalue weighted by atomic mass is 19.1. The highest BCUT2D eigenvalue weighted by Gasteiger charge is 2.16. The predicted octanol–water partition coefficient (Wildman–Crippen LogP) is 2.40. The number of aromatic nitrogens is 2. The summed E-state index contributed by atoms with van der Waals surface area (Å²) in [5, 5.41) is 3.95. The first-order chi connectivity index (χ1) is 6.65. The summed E-state index contributed by atoms with van der Waals surface area (Å²) in [5.41, 5.74) is 1.43. The first kappa shape index (κ1) is 9.12. The van der Waals surface area contributed by atoms with Crippen molar-refractivity contribution in [3.05, 3.63) is 35.9 Å². The molecule has 0 bridgehead atoms. The van der Waals surface area contributed by atoms with Crippen LogP contribution in [0.15, 0.2) is 30.4 Å². The van der Waals surface area contributed by atoms with Gasteiger partial charge in [0.25, 0.3) is 0 Å². The zero-order valence-electron chi connectivity index (χ0n) is 7.74. The van der Waals surface area contributed by atoms with Crippen LogP contribution < -0.4 is 0 Å². The van der Waals surface area contributed by atoms with E-state index in [9.17, 15) is 8.78 Å². The van der Waals surface area contributed by atoms with E-state index in [1.54, 1.807) is 24.1 Å². The molecule has 1 aliphatic carbocycles. The van der Waals surface area contributed by atoms with Crippen molar-refractivity contribution in [2.45, 2.75) is 12.6 Å². The average molecular weight is 196 g/mol. The summed E-state index contributed by atoms with van der Waals surface area (Å²) in [4.78, 5) is 0. The zero-order chi connectivity index (χ0) is 10.1. The molecule has 1 aromatic heterocycles. The normalized spacial score (nSPS) is 21.8. The predicted molar refractivity (Wildman–Crippen MR) is 49.9 cm³/mol. The molecule has 0 aliphatic heterocycles. The van der Waals surface area contributed by atoms with Crippen molar-refractivity contribution in [3.8, 4) is 0 Å². The Morgan fingerprint density at radius 3 is 2.93 bits per heavy atom. The molecule has 0 saturated carbocycles. The van der Waals surface area contributed by atoms with Crippen molar-refractivity contribution in [1.29, 1.82) is 0 Å². The van der Waals surface area contributed by atoms with E-state index in [1.165, 1.54) is 6.08 Å². The molecular formula is C10H10F2N2. The molecule has 4 heteroatoms. The second-order valence-electron chi connectivity index (χ2n) is 3.34. The van der Waals surface area contributed by atoms with E-state index in [2.05, 4.69) is 5.10 Å². The number of halogens is 2. The Bertz CT molecular complexity index is 404. The lowest BCUT2D eigenvalue weighted by Crippen LogP contribution is -2.02. The molecule has 0 saturated heterocycles. The first-order valence-corrected chi connectivity index (χ1v) is 4.36. The molecule has 1 aliphatic rings. The van der Waals surface area contributed by atoms with Crippen molar-refractivity contribution in [2.24, 2.45) is 7.05 Å². The molecule has 74 valence electrons. The van der Waals surface area contributed by atoms with E-state index >= 15 is 0 Å². The Labute approximate surface area is 80.5 Å². The molecule has 1 heterocycles. The lowest BCUT2D eigenvalue weighted by atomic mass is 9.98. The van der Waals surface area contributed by atoms with Crippen LogP contribution in [0.3, 0.4) is 0 Å². The smallest absolute Gasteiger partial charge is 0.125 e. The SMILES string of the molecule is Cn1cc(C2=CC(F)=CC(F)C2)cn1. The van der Waals surface area contributed by atoms with Gasteiger partial charge in [0.05, 0.1) is 6.20 Å². The fourth-order valence-corrected chi connectivity index (χ4v) is 1.50. The van der Waals surface area contributed by atoms with Crippen molar-refractivity contribution in [3.63, 3.8) is 0 Å². The van der Waals surface area contributed by atoms with Crippen LogP contribution in [0.2, 0.25) is 0 Å². The third kappa shape index (κ3) is 1.73. The topological polar surface area (TPSA) is 17.8 Å². The fourth-order valence-electron chi connectivity index (χ4n) is 1.50. The molecule has 1 atom stereocenters. The van der Waals surface area contributed by atoms with Gasteiger partial charge in [0.15, 0.2) is 0 Å². The number of aryl methyl sites for hydroxylation is 1. The van der Waals surface area contributed by atoms with Gasteiger partial charge >= 0.3 is 0 Å². The molecular weight excluding hydrogens is 186 g/mol. The van der Waals surface area contributed by atoms with E-state index in [1.807, 2.05) is 0 Å². The summed E-state index contributed by atoms with van der Waals surface area (Å²) < 4.78 is 27.5. The molecule has 2 rings (SSSR count). The van der Waals surface area contributed by atoms with Gasteiger partial charge in [0.2, 0.25) is 0 Å². The molecule has 1 aromatic rings. The summed E-state index contributed by atoms with van der Waals surface area (Å²) in [6, 6.07) is 0. The van der Waals surface area contributed by atoms with Gasteiger partial charge in [-0.1, -0.05) is 0 Å². The molecule has 0 spiro atoms. The monoisotopic (exact) mass is 196 g/mol. The van der Waals surface area contributed by atoms with Crippen LogP contribution in [0.25, 0.3) is 5.57 Å². The summed E-state index contributed by atoms with van der Waals surface area (Å²) in [7, 11) is 1.77. The number of hydrogen-bond donors (Lipinski definition) is 0. The maximum Gasteiger partial charge on any atom is 0.125 e. The van der Waals surface area contributed by atoms with Crippen LogP contribution in [0.1, 0.15) is 12.0 Å². The maximum atomic E-state index is 13.0. The second kappa shape index (κ2) is 3.36. The van der Waals surface area contributed by atoms with Crippen molar-refractivity contribution in [2.75, 3.05) is 0 Å². The van der Waals surface area contributed by atoms with Crippen LogP contribution in [-0.2, 0) is 7.05 Å². The van der Waals surface area contributed by atoms with Gasteiger partial charge in [-0.2, -0.15) is 5.10 Å². The Morgan fingerprint density at radius 2 is 2.36 bits per heavy atom.